The second-order valence-electron chi connectivity index (χ2n) is 14.8. The molecule has 5 aromatic rings. The van der Waals surface area contributed by atoms with E-state index in [1.165, 1.54) is 0 Å². The highest BCUT2D eigenvalue weighted by atomic mass is 32.2. The molecule has 0 radical (unpaired) electrons. The van der Waals surface area contributed by atoms with E-state index in [1.807, 2.05) is 48.8 Å². The van der Waals surface area contributed by atoms with E-state index in [2.05, 4.69) is 75.7 Å². The normalized spacial score (nSPS) is 20.2. The van der Waals surface area contributed by atoms with E-state index >= 15 is 0 Å². The molecule has 2 spiro atoms. The van der Waals surface area contributed by atoms with E-state index in [-0.39, 0.29) is 15.8 Å². The second kappa shape index (κ2) is 12.9. The van der Waals surface area contributed by atoms with Gasteiger partial charge in [0.05, 0.1) is 26.6 Å². The largest absolute Gasteiger partial charge is 0.486 e. The smallest absolute Gasteiger partial charge is 0.142 e. The molecule has 4 aliphatic rings. The van der Waals surface area contributed by atoms with Crippen LogP contribution in [0.25, 0.3) is 22.1 Å². The third-order valence-corrected chi connectivity index (χ3v) is 12.6. The molecule has 50 heavy (non-hydrogen) atoms. The molecular weight excluding hydrogens is 669 g/mol. The lowest BCUT2D eigenvalue weighted by Crippen LogP contribution is -2.58. The Bertz CT molecular complexity index is 2020. The molecule has 0 amide bonds. The van der Waals surface area contributed by atoms with Crippen LogP contribution in [0.1, 0.15) is 46.5 Å². The van der Waals surface area contributed by atoms with Crippen LogP contribution in [-0.4, -0.2) is 110 Å². The summed E-state index contributed by atoms with van der Waals surface area (Å²) in [5, 5.41) is 2.14. The Labute approximate surface area is 300 Å². The molecule has 4 fully saturated rings. The van der Waals surface area contributed by atoms with Crippen molar-refractivity contribution in [1.29, 1.82) is 0 Å². The minimum Gasteiger partial charge on any atom is -0.486 e. The molecule has 2 saturated carbocycles. The highest BCUT2D eigenvalue weighted by molar-refractivity contribution is 7.84. The first-order chi connectivity index (χ1) is 24.2. The highest BCUT2D eigenvalue weighted by Gasteiger charge is 2.55. The van der Waals surface area contributed by atoms with Crippen molar-refractivity contribution in [3.8, 4) is 5.75 Å². The zero-order chi connectivity index (χ0) is 34.5. The van der Waals surface area contributed by atoms with Gasteiger partial charge in [-0.25, -0.2) is 28.5 Å². The van der Waals surface area contributed by atoms with Gasteiger partial charge in [-0.2, -0.15) is 0 Å². The van der Waals surface area contributed by atoms with Gasteiger partial charge in [-0.15, -0.1) is 0 Å². The van der Waals surface area contributed by atoms with Crippen LogP contribution >= 0.6 is 12.2 Å². The number of ether oxygens (including phenoxy) is 1. The van der Waals surface area contributed by atoms with Gasteiger partial charge in [0, 0.05) is 51.7 Å². The third kappa shape index (κ3) is 6.33. The maximum Gasteiger partial charge on any atom is 0.142 e. The fourth-order valence-electron chi connectivity index (χ4n) is 7.36. The number of nitrogens with zero attached hydrogens (tertiary/aromatic N) is 8. The minimum atomic E-state index is -0.954. The Morgan fingerprint density at radius 2 is 1.36 bits per heavy atom. The third-order valence-electron chi connectivity index (χ3n) is 10.3. The molecule has 262 valence electrons. The van der Waals surface area contributed by atoms with Gasteiger partial charge in [-0.3, -0.25) is 0 Å². The van der Waals surface area contributed by atoms with E-state index in [0.717, 1.165) is 109 Å². The number of hydrogen-bond donors (Lipinski definition) is 2. The van der Waals surface area contributed by atoms with Crippen LogP contribution in [0, 0.1) is 0 Å². The number of hydrogen-bond acceptors (Lipinski definition) is 9. The van der Waals surface area contributed by atoms with Crippen LogP contribution in [-0.2, 0) is 11.0 Å². The van der Waals surface area contributed by atoms with E-state index in [4.69, 9.17) is 17.0 Å². The van der Waals surface area contributed by atoms with Crippen molar-refractivity contribution in [1.82, 2.24) is 39.1 Å². The highest BCUT2D eigenvalue weighted by Crippen LogP contribution is 2.48. The maximum absolute atomic E-state index is 12.9. The lowest BCUT2D eigenvalue weighted by atomic mass is 10.1. The summed E-state index contributed by atoms with van der Waals surface area (Å²) >= 11 is 5.73. The number of rotatable bonds is 6. The van der Waals surface area contributed by atoms with Gasteiger partial charge in [-0.1, -0.05) is 30.4 Å². The molecule has 2 saturated heterocycles. The predicted molar refractivity (Wildman–Crippen MR) is 202 cm³/mol. The van der Waals surface area contributed by atoms with Crippen LogP contribution in [0.3, 0.4) is 0 Å². The van der Waals surface area contributed by atoms with Crippen molar-refractivity contribution < 1.29 is 8.95 Å². The number of piperazine rings is 2. The Balaban J connectivity index is 0.000000146. The number of aromatic nitrogens is 6. The molecular formula is C36H44N10O2S2. The number of H-pyrrole nitrogens is 2. The monoisotopic (exact) mass is 712 g/mol. The lowest BCUT2D eigenvalue weighted by Gasteiger charge is -2.44. The summed E-state index contributed by atoms with van der Waals surface area (Å²) in [6.45, 7) is 11.9. The molecule has 2 N–H and O–H groups in total. The van der Waals surface area contributed by atoms with E-state index < -0.39 is 11.0 Å². The second-order valence-corrected chi connectivity index (χ2v) is 17.4. The summed E-state index contributed by atoms with van der Waals surface area (Å²) in [5.41, 5.74) is 1.95. The van der Waals surface area contributed by atoms with Gasteiger partial charge in [0.2, 0.25) is 0 Å². The Hall–Kier alpha value is -4.14. The zero-order valence-electron chi connectivity index (χ0n) is 28.8. The topological polar surface area (TPSA) is 122 Å². The van der Waals surface area contributed by atoms with E-state index in [1.54, 1.807) is 12.7 Å². The summed E-state index contributed by atoms with van der Waals surface area (Å²) in [6.07, 6.45) is 11.6. The minimum absolute atomic E-state index is 0.0595. The van der Waals surface area contributed by atoms with Crippen molar-refractivity contribution in [2.45, 2.75) is 62.3 Å². The summed E-state index contributed by atoms with van der Waals surface area (Å²) < 4.78 is 20.8. The number of para-hydroxylation sites is 1. The number of thiocarbonyl (C=S) groups is 1. The molecule has 14 heteroatoms. The van der Waals surface area contributed by atoms with Gasteiger partial charge < -0.3 is 29.4 Å². The molecule has 1 atom stereocenters. The number of aromatic amines is 2. The quantitative estimate of drug-likeness (QED) is 0.230. The van der Waals surface area contributed by atoms with Gasteiger partial charge in [0.15, 0.2) is 0 Å². The van der Waals surface area contributed by atoms with Crippen LogP contribution < -0.4 is 14.5 Å². The van der Waals surface area contributed by atoms with Crippen LogP contribution in [0.5, 0.6) is 5.75 Å². The van der Waals surface area contributed by atoms with Gasteiger partial charge in [0.25, 0.3) is 0 Å². The number of benzene rings is 1. The lowest BCUT2D eigenvalue weighted by molar-refractivity contribution is 0.245. The fraction of sp³-hybridized carbons (Fsp3) is 0.472. The summed E-state index contributed by atoms with van der Waals surface area (Å²) in [7, 11) is -0.954. The molecule has 2 aliphatic heterocycles. The van der Waals surface area contributed by atoms with Crippen molar-refractivity contribution >= 4 is 61.9 Å². The van der Waals surface area contributed by atoms with Crippen molar-refractivity contribution in [2.24, 2.45) is 0 Å². The van der Waals surface area contributed by atoms with Crippen molar-refractivity contribution in [3.05, 3.63) is 67.5 Å². The molecule has 0 bridgehead atoms. The Morgan fingerprint density at radius 3 is 1.92 bits per heavy atom. The average molecular weight is 713 g/mol. The average Bonchev–Trinajstić information content (AvgIpc) is 3.92. The maximum atomic E-state index is 12.9. The first-order valence-electron chi connectivity index (χ1n) is 17.4. The molecule has 12 nitrogen and oxygen atoms in total. The predicted octanol–water partition coefficient (Wildman–Crippen LogP) is 5.09. The molecule has 4 aromatic heterocycles. The number of nitrogens with one attached hydrogen (secondary N) is 2. The Kier molecular flexibility index (Phi) is 8.51. The van der Waals surface area contributed by atoms with Crippen LogP contribution in [0.15, 0.2) is 67.5 Å². The standard InChI is InChI=1S/C20H21N5OS.C16H23N5OS/c27-17(12-26-15-4-2-1-3-5-15)25-11-10-24(13-20(25)7-8-20)19-16-6-9-21-18(16)22-14-23-19;1-15(2,3)23(22)21-9-8-20(10-16(21)5-6-16)14-12-4-7-17-13(12)18-11-19-14/h1-6,9,14H,7-8,10-13H2,(H,21,22,23);4,7,11H,5-6,8-10H2,1-3H3,(H,17,18,19). The number of anilines is 2. The summed E-state index contributed by atoms with van der Waals surface area (Å²) in [6, 6.07) is 13.9. The van der Waals surface area contributed by atoms with Crippen LogP contribution in [0.2, 0.25) is 0 Å². The molecule has 2 aliphatic carbocycles. The molecule has 6 heterocycles. The number of fused-ring (bicyclic) bond motifs is 2. The van der Waals surface area contributed by atoms with Crippen molar-refractivity contribution in [3.63, 3.8) is 0 Å². The molecule has 9 rings (SSSR count). The fourth-order valence-corrected chi connectivity index (χ4v) is 9.21. The first-order valence-corrected chi connectivity index (χ1v) is 18.9. The summed E-state index contributed by atoms with van der Waals surface area (Å²) in [5.74, 6) is 2.86. The Morgan fingerprint density at radius 1 is 0.800 bits per heavy atom. The van der Waals surface area contributed by atoms with Gasteiger partial charge >= 0.3 is 0 Å². The first kappa shape index (κ1) is 33.0. The molecule has 1 aromatic carbocycles. The van der Waals surface area contributed by atoms with E-state index in [9.17, 15) is 4.21 Å². The SMILES string of the molecule is CC(C)(C)S(=O)N1CCN(c2ncnc3[nH]ccc23)CC12CC2.S=C(COc1ccccc1)N1CCN(c2ncnc3[nH]ccc23)CC12CC2. The van der Waals surface area contributed by atoms with Gasteiger partial charge in [0.1, 0.15) is 63.9 Å². The van der Waals surface area contributed by atoms with Crippen molar-refractivity contribution in [2.75, 3.05) is 55.7 Å². The zero-order valence-corrected chi connectivity index (χ0v) is 30.5. The van der Waals surface area contributed by atoms with Crippen LogP contribution in [0.4, 0.5) is 11.6 Å². The summed E-state index contributed by atoms with van der Waals surface area (Å²) in [4.78, 5) is 32.0. The van der Waals surface area contributed by atoms with Gasteiger partial charge in [-0.05, 0) is 70.7 Å². The molecule has 1 unspecified atom stereocenters. The van der Waals surface area contributed by atoms with E-state index in [0.29, 0.717) is 6.61 Å².